The Morgan fingerprint density at radius 2 is 1.45 bits per heavy atom. The fraction of sp³-hybridized carbons (Fsp3) is 0.375. The lowest BCUT2D eigenvalue weighted by molar-refractivity contribution is -0.144. The SMILES string of the molecule is COC(=O)[C@H](Cc1cc(C(=O)c2cc(C(F)(F)F)cc(C(F)(F)F)c2)ccc1SF)NC(=O)OC(C)(C)C. The Kier molecular flexibility index (Phi) is 9.46. The number of carbonyl (C=O) groups excluding carboxylic acids is 3. The number of esters is 1. The second-order valence-electron chi connectivity index (χ2n) is 8.95. The van der Waals surface area contributed by atoms with Gasteiger partial charge in [0.1, 0.15) is 11.6 Å². The van der Waals surface area contributed by atoms with Gasteiger partial charge in [0.05, 0.1) is 30.4 Å². The number of alkyl carbamates (subject to hydrolysis) is 1. The summed E-state index contributed by atoms with van der Waals surface area (Å²) in [6.07, 6.45) is -11.8. The largest absolute Gasteiger partial charge is 0.467 e. The molecule has 1 amide bonds. The zero-order valence-electron chi connectivity index (χ0n) is 20.3. The summed E-state index contributed by atoms with van der Waals surface area (Å²) in [5.41, 5.74) is -5.64. The second kappa shape index (κ2) is 11.6. The summed E-state index contributed by atoms with van der Waals surface area (Å²) in [6.45, 7) is 4.68. The van der Waals surface area contributed by atoms with Gasteiger partial charge in [-0.25, -0.2) is 9.59 Å². The first kappa shape index (κ1) is 30.9. The monoisotopic (exact) mass is 569 g/mol. The number of methoxy groups -OCH3 is 1. The Hall–Kier alpha value is -3.29. The molecule has 14 heteroatoms. The molecule has 1 N–H and O–H groups in total. The number of hydrogen-bond donors (Lipinski definition) is 1. The van der Waals surface area contributed by atoms with E-state index >= 15 is 0 Å². The van der Waals surface area contributed by atoms with Crippen molar-refractivity contribution in [2.24, 2.45) is 0 Å². The van der Waals surface area contributed by atoms with Crippen LogP contribution in [0.25, 0.3) is 0 Å². The van der Waals surface area contributed by atoms with E-state index < -0.39 is 65.0 Å². The van der Waals surface area contributed by atoms with Gasteiger partial charge in [-0.1, -0.05) is 0 Å². The lowest BCUT2D eigenvalue weighted by atomic mass is 9.95. The topological polar surface area (TPSA) is 81.7 Å². The van der Waals surface area contributed by atoms with Crippen LogP contribution in [0.1, 0.15) is 53.4 Å². The third kappa shape index (κ3) is 8.36. The smallest absolute Gasteiger partial charge is 0.416 e. The molecule has 0 aliphatic carbocycles. The van der Waals surface area contributed by atoms with Gasteiger partial charge in [-0.15, -0.1) is 0 Å². The molecule has 208 valence electrons. The molecular weight excluding hydrogens is 547 g/mol. The molecule has 6 nitrogen and oxygen atoms in total. The molecule has 0 fully saturated rings. The van der Waals surface area contributed by atoms with Crippen LogP contribution >= 0.6 is 12.1 Å². The Morgan fingerprint density at radius 3 is 1.89 bits per heavy atom. The number of hydrogen-bond acceptors (Lipinski definition) is 6. The van der Waals surface area contributed by atoms with Crippen LogP contribution < -0.4 is 5.32 Å². The van der Waals surface area contributed by atoms with Crippen molar-refractivity contribution in [1.29, 1.82) is 0 Å². The Morgan fingerprint density at radius 1 is 0.895 bits per heavy atom. The predicted octanol–water partition coefficient (Wildman–Crippen LogP) is 6.54. The van der Waals surface area contributed by atoms with Gasteiger partial charge in [0.15, 0.2) is 5.78 Å². The Balaban J connectivity index is 2.51. The van der Waals surface area contributed by atoms with Crippen LogP contribution in [0, 0.1) is 0 Å². The van der Waals surface area contributed by atoms with E-state index in [0.717, 1.165) is 25.3 Å². The fourth-order valence-corrected chi connectivity index (χ4v) is 3.57. The molecule has 0 radical (unpaired) electrons. The molecule has 0 unspecified atom stereocenters. The number of nitrogens with one attached hydrogen (secondary N) is 1. The van der Waals surface area contributed by atoms with E-state index in [1.165, 1.54) is 0 Å². The summed E-state index contributed by atoms with van der Waals surface area (Å²) in [7, 11) is 1.02. The van der Waals surface area contributed by atoms with E-state index in [-0.39, 0.29) is 46.4 Å². The quantitative estimate of drug-likeness (QED) is 0.232. The van der Waals surface area contributed by atoms with Crippen molar-refractivity contribution in [2.45, 2.75) is 56.1 Å². The van der Waals surface area contributed by atoms with Crippen molar-refractivity contribution in [1.82, 2.24) is 5.32 Å². The van der Waals surface area contributed by atoms with Crippen molar-refractivity contribution >= 4 is 30.0 Å². The van der Waals surface area contributed by atoms with Crippen molar-refractivity contribution in [2.75, 3.05) is 7.11 Å². The summed E-state index contributed by atoms with van der Waals surface area (Å²) in [5.74, 6) is -2.18. The van der Waals surface area contributed by atoms with Crippen LogP contribution in [0.2, 0.25) is 0 Å². The van der Waals surface area contributed by atoms with Gasteiger partial charge < -0.3 is 14.8 Å². The third-order valence-electron chi connectivity index (χ3n) is 4.86. The van der Waals surface area contributed by atoms with Crippen LogP contribution in [0.3, 0.4) is 0 Å². The first-order valence-electron chi connectivity index (χ1n) is 10.7. The molecule has 0 saturated heterocycles. The summed E-state index contributed by atoms with van der Waals surface area (Å²) in [5, 5.41) is 2.25. The van der Waals surface area contributed by atoms with E-state index in [4.69, 9.17) is 4.74 Å². The predicted molar refractivity (Wildman–Crippen MR) is 122 cm³/mol. The van der Waals surface area contributed by atoms with Gasteiger partial charge in [-0.2, -0.15) is 30.2 Å². The maximum absolute atomic E-state index is 13.6. The Bertz CT molecular complexity index is 1170. The number of benzene rings is 2. The van der Waals surface area contributed by atoms with Gasteiger partial charge in [-0.3, -0.25) is 4.79 Å². The molecule has 1 atom stereocenters. The first-order valence-corrected chi connectivity index (χ1v) is 11.4. The number of amides is 1. The van der Waals surface area contributed by atoms with Gasteiger partial charge in [-0.05, 0) is 62.7 Å². The average molecular weight is 569 g/mol. The summed E-state index contributed by atoms with van der Waals surface area (Å²) < 4.78 is 103. The van der Waals surface area contributed by atoms with Crippen LogP contribution in [0.4, 0.5) is 35.0 Å². The average Bonchev–Trinajstić information content (AvgIpc) is 2.80. The van der Waals surface area contributed by atoms with Crippen LogP contribution in [-0.4, -0.2) is 36.6 Å². The third-order valence-corrected chi connectivity index (χ3v) is 5.42. The molecule has 2 rings (SSSR count). The minimum atomic E-state index is -5.17. The molecule has 0 spiro atoms. The van der Waals surface area contributed by atoms with Gasteiger partial charge in [0, 0.05) is 22.4 Å². The van der Waals surface area contributed by atoms with Crippen LogP contribution in [0.15, 0.2) is 41.3 Å². The van der Waals surface area contributed by atoms with Gasteiger partial charge in [0.2, 0.25) is 0 Å². The summed E-state index contributed by atoms with van der Waals surface area (Å²) >= 11 is -0.291. The van der Waals surface area contributed by atoms with E-state index in [2.05, 4.69) is 10.1 Å². The van der Waals surface area contributed by atoms with Gasteiger partial charge >= 0.3 is 24.4 Å². The highest BCUT2D eigenvalue weighted by atomic mass is 32.2. The molecule has 0 saturated carbocycles. The van der Waals surface area contributed by atoms with E-state index in [1.54, 1.807) is 20.8 Å². The zero-order valence-corrected chi connectivity index (χ0v) is 21.2. The minimum absolute atomic E-state index is 0.0576. The molecule has 2 aromatic rings. The lowest BCUT2D eigenvalue weighted by Crippen LogP contribution is -2.45. The lowest BCUT2D eigenvalue weighted by Gasteiger charge is -2.23. The number of ether oxygens (including phenoxy) is 2. The standard InChI is InChI=1S/C24H22F7NO5S/c1-22(2,3)37-21(35)32-17(20(34)36-4)10-13-7-12(5-6-18(13)38-31)19(33)14-8-15(23(25,26)27)11-16(9-14)24(28,29)30/h5-9,11,17H,10H2,1-4H3,(H,32,35)/t17-/m0/s1. The highest BCUT2D eigenvalue weighted by Gasteiger charge is 2.37. The van der Waals surface area contributed by atoms with Crippen LogP contribution in [0.5, 0.6) is 0 Å². The molecule has 38 heavy (non-hydrogen) atoms. The highest BCUT2D eigenvalue weighted by molar-refractivity contribution is 7.94. The molecule has 0 heterocycles. The first-order chi connectivity index (χ1) is 17.4. The summed E-state index contributed by atoms with van der Waals surface area (Å²) in [4.78, 5) is 37.2. The van der Waals surface area contributed by atoms with Gasteiger partial charge in [0.25, 0.3) is 0 Å². The maximum atomic E-state index is 13.6. The fourth-order valence-electron chi connectivity index (χ4n) is 3.21. The normalized spacial score (nSPS) is 13.0. The van der Waals surface area contributed by atoms with E-state index in [9.17, 15) is 44.6 Å². The van der Waals surface area contributed by atoms with Crippen molar-refractivity contribution in [3.8, 4) is 0 Å². The highest BCUT2D eigenvalue weighted by Crippen LogP contribution is 2.37. The van der Waals surface area contributed by atoms with Crippen molar-refractivity contribution in [3.63, 3.8) is 0 Å². The molecule has 0 aliphatic rings. The summed E-state index contributed by atoms with van der Waals surface area (Å²) in [6, 6.07) is 2.07. The molecule has 0 aliphatic heterocycles. The number of alkyl halides is 6. The molecule has 0 aromatic heterocycles. The maximum Gasteiger partial charge on any atom is 0.416 e. The molecule has 0 bridgehead atoms. The van der Waals surface area contributed by atoms with Crippen molar-refractivity contribution in [3.05, 3.63) is 64.2 Å². The number of rotatable bonds is 7. The molecular formula is C24H22F7NO5S. The van der Waals surface area contributed by atoms with E-state index in [0.29, 0.717) is 0 Å². The zero-order chi connectivity index (χ0) is 29.1. The van der Waals surface area contributed by atoms with Crippen LogP contribution in [-0.2, 0) is 33.0 Å². The molecule has 2 aromatic carbocycles. The minimum Gasteiger partial charge on any atom is -0.467 e. The van der Waals surface area contributed by atoms with Crippen molar-refractivity contribution < 1.29 is 54.1 Å². The number of ketones is 1. The van der Waals surface area contributed by atoms with E-state index in [1.807, 2.05) is 0 Å². The Labute approximate surface area is 217 Å². The number of halogens is 7. The number of carbonyl (C=O) groups is 3. The second-order valence-corrected chi connectivity index (χ2v) is 9.54.